The van der Waals surface area contributed by atoms with Crippen LogP contribution >= 0.6 is 23.2 Å². The molecule has 0 radical (unpaired) electrons. The fourth-order valence-corrected chi connectivity index (χ4v) is 4.07. The van der Waals surface area contributed by atoms with E-state index in [1.165, 1.54) is 0 Å². The Balaban J connectivity index is 1.73. The molecule has 3 rings (SSSR count). The maximum atomic E-state index is 6.27. The first kappa shape index (κ1) is 14.6. The number of benzene rings is 1. The van der Waals surface area contributed by atoms with Gasteiger partial charge in [0.1, 0.15) is 0 Å². The summed E-state index contributed by atoms with van der Waals surface area (Å²) < 4.78 is 12.4. The molecule has 2 bridgehead atoms. The van der Waals surface area contributed by atoms with Crippen LogP contribution in [0, 0.1) is 0 Å². The summed E-state index contributed by atoms with van der Waals surface area (Å²) in [5.41, 5.74) is 0.753. The van der Waals surface area contributed by atoms with E-state index in [0.717, 1.165) is 31.2 Å². The summed E-state index contributed by atoms with van der Waals surface area (Å²) in [5.74, 6) is 0. The molecule has 20 heavy (non-hydrogen) atoms. The molecule has 2 heterocycles. The predicted molar refractivity (Wildman–Crippen MR) is 81.4 cm³/mol. The van der Waals surface area contributed by atoms with Gasteiger partial charge >= 0.3 is 0 Å². The van der Waals surface area contributed by atoms with Crippen molar-refractivity contribution in [3.05, 3.63) is 33.8 Å². The highest BCUT2D eigenvalue weighted by Crippen LogP contribution is 2.53. The SMILES string of the molecule is CC[C@@]12CC[C@@](C)(C[C@@H]1OCc1c(Cl)cccc1Cl)O2. The summed E-state index contributed by atoms with van der Waals surface area (Å²) in [7, 11) is 0. The maximum absolute atomic E-state index is 6.27. The molecular weight excluding hydrogens is 295 g/mol. The van der Waals surface area contributed by atoms with Crippen molar-refractivity contribution in [2.24, 2.45) is 0 Å². The van der Waals surface area contributed by atoms with E-state index in [-0.39, 0.29) is 17.3 Å². The van der Waals surface area contributed by atoms with Crippen molar-refractivity contribution in [3.63, 3.8) is 0 Å². The van der Waals surface area contributed by atoms with Crippen molar-refractivity contribution in [1.29, 1.82) is 0 Å². The van der Waals surface area contributed by atoms with Gasteiger partial charge in [0.15, 0.2) is 0 Å². The van der Waals surface area contributed by atoms with E-state index in [4.69, 9.17) is 32.7 Å². The van der Waals surface area contributed by atoms with Crippen molar-refractivity contribution in [2.45, 2.75) is 63.4 Å². The number of hydrogen-bond donors (Lipinski definition) is 0. The highest BCUT2D eigenvalue weighted by atomic mass is 35.5. The number of ether oxygens (including phenoxy) is 2. The molecule has 1 aromatic rings. The van der Waals surface area contributed by atoms with Gasteiger partial charge < -0.3 is 9.47 Å². The highest BCUT2D eigenvalue weighted by Gasteiger charge is 2.58. The van der Waals surface area contributed by atoms with Crippen molar-refractivity contribution in [3.8, 4) is 0 Å². The van der Waals surface area contributed by atoms with E-state index >= 15 is 0 Å². The van der Waals surface area contributed by atoms with Crippen molar-refractivity contribution in [2.75, 3.05) is 0 Å². The Hall–Kier alpha value is -0.280. The van der Waals surface area contributed by atoms with Crippen LogP contribution in [-0.4, -0.2) is 17.3 Å². The first-order valence-corrected chi connectivity index (χ1v) is 7.98. The quantitative estimate of drug-likeness (QED) is 0.778. The minimum atomic E-state index is -0.109. The predicted octanol–water partition coefficient (Wildman–Crippen LogP) is 5.00. The molecule has 0 N–H and O–H groups in total. The molecular formula is C16H20Cl2O2. The summed E-state index contributed by atoms with van der Waals surface area (Å²) in [4.78, 5) is 0. The summed E-state index contributed by atoms with van der Waals surface area (Å²) in [5, 5.41) is 1.33. The van der Waals surface area contributed by atoms with Crippen LogP contribution in [-0.2, 0) is 16.1 Å². The van der Waals surface area contributed by atoms with Crippen LogP contribution < -0.4 is 0 Å². The number of fused-ring (bicyclic) bond motifs is 2. The largest absolute Gasteiger partial charge is 0.370 e. The number of hydrogen-bond acceptors (Lipinski definition) is 2. The summed E-state index contributed by atoms with van der Waals surface area (Å²) in [6, 6.07) is 5.55. The molecule has 0 amide bonds. The zero-order valence-corrected chi connectivity index (χ0v) is 13.4. The average molecular weight is 315 g/mol. The lowest BCUT2D eigenvalue weighted by Crippen LogP contribution is -2.39. The van der Waals surface area contributed by atoms with E-state index in [9.17, 15) is 0 Å². The summed E-state index contributed by atoms with van der Waals surface area (Å²) in [6.07, 6.45) is 4.31. The minimum absolute atomic E-state index is 0.00897. The Morgan fingerprint density at radius 2 is 2.00 bits per heavy atom. The third-order valence-corrected chi connectivity index (χ3v) is 5.53. The number of halogens is 2. The second-order valence-electron chi connectivity index (χ2n) is 6.17. The van der Waals surface area contributed by atoms with E-state index < -0.39 is 0 Å². The molecule has 1 aromatic carbocycles. The van der Waals surface area contributed by atoms with Gasteiger partial charge in [-0.15, -0.1) is 0 Å². The van der Waals surface area contributed by atoms with Gasteiger partial charge in [-0.25, -0.2) is 0 Å². The maximum Gasteiger partial charge on any atom is 0.0950 e. The van der Waals surface area contributed by atoms with Crippen LogP contribution in [0.1, 0.15) is 45.1 Å². The Morgan fingerprint density at radius 3 is 2.60 bits per heavy atom. The summed E-state index contributed by atoms with van der Waals surface area (Å²) >= 11 is 12.4. The van der Waals surface area contributed by atoms with Gasteiger partial charge in [0.05, 0.1) is 23.9 Å². The van der Waals surface area contributed by atoms with Crippen molar-refractivity contribution >= 4 is 23.2 Å². The monoisotopic (exact) mass is 314 g/mol. The number of rotatable bonds is 4. The Morgan fingerprint density at radius 1 is 1.30 bits per heavy atom. The molecule has 2 fully saturated rings. The van der Waals surface area contributed by atoms with E-state index in [1.54, 1.807) is 0 Å². The molecule has 2 aliphatic heterocycles. The first-order valence-electron chi connectivity index (χ1n) is 7.23. The van der Waals surface area contributed by atoms with Gasteiger partial charge in [-0.2, -0.15) is 0 Å². The fourth-order valence-electron chi connectivity index (χ4n) is 3.56. The lowest BCUT2D eigenvalue weighted by atomic mass is 9.79. The zero-order chi connectivity index (χ0) is 14.4. The standard InChI is InChI=1S/C16H20Cl2O2/c1-3-16-8-7-15(2,20-16)9-14(16)19-10-11-12(17)5-4-6-13(11)18/h4-6,14H,3,7-10H2,1-2H3/t14-,15-,16+/m0/s1. The van der Waals surface area contributed by atoms with Gasteiger partial charge in [-0.05, 0) is 38.3 Å². The lowest BCUT2D eigenvalue weighted by Gasteiger charge is -2.32. The topological polar surface area (TPSA) is 18.5 Å². The molecule has 0 spiro atoms. The van der Waals surface area contributed by atoms with Gasteiger partial charge in [0, 0.05) is 22.0 Å². The molecule has 0 unspecified atom stereocenters. The summed E-state index contributed by atoms with van der Waals surface area (Å²) in [6.45, 7) is 4.82. The Bertz CT molecular complexity index is 499. The van der Waals surface area contributed by atoms with Crippen LogP contribution in [0.25, 0.3) is 0 Å². The van der Waals surface area contributed by atoms with Gasteiger partial charge in [0.2, 0.25) is 0 Å². The second-order valence-corrected chi connectivity index (χ2v) is 6.99. The molecule has 2 saturated heterocycles. The Labute approximate surface area is 130 Å². The fraction of sp³-hybridized carbons (Fsp3) is 0.625. The zero-order valence-electron chi connectivity index (χ0n) is 11.9. The molecule has 0 aliphatic carbocycles. The van der Waals surface area contributed by atoms with E-state index in [1.807, 2.05) is 18.2 Å². The normalized spacial score (nSPS) is 35.7. The van der Waals surface area contributed by atoms with Gasteiger partial charge in [-0.1, -0.05) is 36.2 Å². The second kappa shape index (κ2) is 5.17. The first-order chi connectivity index (χ1) is 9.48. The van der Waals surface area contributed by atoms with Crippen LogP contribution in [0.2, 0.25) is 10.0 Å². The van der Waals surface area contributed by atoms with Crippen molar-refractivity contribution in [1.82, 2.24) is 0 Å². The molecule has 110 valence electrons. The van der Waals surface area contributed by atoms with Crippen LogP contribution in [0.4, 0.5) is 0 Å². The highest BCUT2D eigenvalue weighted by molar-refractivity contribution is 6.35. The van der Waals surface area contributed by atoms with Gasteiger partial charge in [0.25, 0.3) is 0 Å². The van der Waals surface area contributed by atoms with E-state index in [2.05, 4.69) is 13.8 Å². The van der Waals surface area contributed by atoms with Gasteiger partial charge in [-0.3, -0.25) is 0 Å². The molecule has 3 atom stereocenters. The van der Waals surface area contributed by atoms with Crippen LogP contribution in [0.3, 0.4) is 0 Å². The molecule has 2 nitrogen and oxygen atoms in total. The Kier molecular flexibility index (Phi) is 3.79. The third-order valence-electron chi connectivity index (χ3n) is 4.82. The molecule has 4 heteroatoms. The minimum Gasteiger partial charge on any atom is -0.370 e. The van der Waals surface area contributed by atoms with E-state index in [0.29, 0.717) is 16.7 Å². The molecule has 2 aliphatic rings. The van der Waals surface area contributed by atoms with Crippen molar-refractivity contribution < 1.29 is 9.47 Å². The smallest absolute Gasteiger partial charge is 0.0950 e. The lowest BCUT2D eigenvalue weighted by molar-refractivity contribution is -0.0957. The molecule has 0 saturated carbocycles. The van der Waals surface area contributed by atoms with Crippen LogP contribution in [0.15, 0.2) is 18.2 Å². The molecule has 0 aromatic heterocycles. The van der Waals surface area contributed by atoms with Crippen LogP contribution in [0.5, 0.6) is 0 Å². The third kappa shape index (κ3) is 2.37. The average Bonchev–Trinajstić information content (AvgIpc) is 2.89.